The van der Waals surface area contributed by atoms with E-state index in [0.717, 1.165) is 38.2 Å². The molecule has 2 aliphatic heterocycles. The number of hydrogen-bond donors (Lipinski definition) is 2. The Hall–Kier alpha value is -4.59. The molecule has 0 saturated carbocycles. The molecule has 4 aromatic rings. The summed E-state index contributed by atoms with van der Waals surface area (Å²) in [6.07, 6.45) is 0.601. The first-order chi connectivity index (χ1) is 18.3. The van der Waals surface area contributed by atoms with Gasteiger partial charge in [-0.05, 0) is 61.7 Å². The molecule has 8 heteroatoms. The Morgan fingerprint density at radius 1 is 1.08 bits per heavy atom. The number of anilines is 1. The molecule has 8 nitrogen and oxygen atoms in total. The van der Waals surface area contributed by atoms with Crippen LogP contribution in [0, 0.1) is 6.92 Å². The number of rotatable bonds is 5. The Balaban J connectivity index is 1.36. The van der Waals surface area contributed by atoms with Crippen molar-refractivity contribution >= 4 is 34.4 Å². The largest absolute Gasteiger partial charge is 0.497 e. The van der Waals surface area contributed by atoms with E-state index in [2.05, 4.69) is 10.3 Å². The fourth-order valence-electron chi connectivity index (χ4n) is 5.60. The number of amides is 4. The molecule has 38 heavy (non-hydrogen) atoms. The third-order valence-electron chi connectivity index (χ3n) is 7.73. The summed E-state index contributed by atoms with van der Waals surface area (Å²) in [5.74, 6) is -0.0103. The molecule has 2 aliphatic rings. The molecule has 3 heterocycles. The van der Waals surface area contributed by atoms with Crippen LogP contribution >= 0.6 is 0 Å². The number of para-hydroxylation sites is 1. The molecule has 0 unspecified atom stereocenters. The molecule has 1 aromatic heterocycles. The summed E-state index contributed by atoms with van der Waals surface area (Å²) in [7, 11) is 1.62. The van der Waals surface area contributed by atoms with Gasteiger partial charge in [0.2, 0.25) is 0 Å². The number of ether oxygens (including phenoxy) is 1. The van der Waals surface area contributed by atoms with E-state index in [1.165, 1.54) is 0 Å². The summed E-state index contributed by atoms with van der Waals surface area (Å²) in [5, 5.41) is 3.91. The predicted octanol–water partition coefficient (Wildman–Crippen LogP) is 4.66. The highest BCUT2D eigenvalue weighted by atomic mass is 16.5. The number of benzene rings is 3. The zero-order valence-corrected chi connectivity index (χ0v) is 21.5. The summed E-state index contributed by atoms with van der Waals surface area (Å²) in [6.45, 7) is 4.50. The van der Waals surface area contributed by atoms with E-state index >= 15 is 0 Å². The van der Waals surface area contributed by atoms with Gasteiger partial charge in [0.05, 0.1) is 24.1 Å². The molecule has 0 radical (unpaired) electrons. The van der Waals surface area contributed by atoms with Crippen LogP contribution in [0.1, 0.15) is 39.7 Å². The number of hydrogen-bond acceptors (Lipinski definition) is 4. The highest BCUT2D eigenvalue weighted by Crippen LogP contribution is 2.46. The number of methoxy groups -OCH3 is 1. The number of imide groups is 1. The van der Waals surface area contributed by atoms with E-state index in [0.29, 0.717) is 25.2 Å². The van der Waals surface area contributed by atoms with Gasteiger partial charge in [-0.1, -0.05) is 42.0 Å². The molecule has 0 aliphatic carbocycles. The van der Waals surface area contributed by atoms with Crippen LogP contribution in [0.25, 0.3) is 10.9 Å². The Labute approximate surface area is 220 Å². The molecule has 1 fully saturated rings. The zero-order chi connectivity index (χ0) is 26.6. The van der Waals surface area contributed by atoms with Gasteiger partial charge in [-0.3, -0.25) is 9.59 Å². The number of aryl methyl sites for hydroxylation is 1. The molecule has 4 amide bonds. The van der Waals surface area contributed by atoms with Crippen molar-refractivity contribution < 1.29 is 19.1 Å². The van der Waals surface area contributed by atoms with Crippen molar-refractivity contribution in [3.63, 3.8) is 0 Å². The van der Waals surface area contributed by atoms with Crippen LogP contribution in [0.15, 0.2) is 66.7 Å². The Morgan fingerprint density at radius 3 is 2.61 bits per heavy atom. The van der Waals surface area contributed by atoms with Crippen LogP contribution in [0.5, 0.6) is 5.75 Å². The maximum absolute atomic E-state index is 14.1. The van der Waals surface area contributed by atoms with Crippen LogP contribution in [0.2, 0.25) is 0 Å². The molecule has 6 rings (SSSR count). The fraction of sp³-hybridized carbons (Fsp3) is 0.233. The van der Waals surface area contributed by atoms with Gasteiger partial charge in [-0.2, -0.15) is 0 Å². The fourth-order valence-corrected chi connectivity index (χ4v) is 5.60. The maximum Gasteiger partial charge on any atom is 0.332 e. The zero-order valence-electron chi connectivity index (χ0n) is 21.5. The van der Waals surface area contributed by atoms with E-state index in [9.17, 15) is 14.4 Å². The number of aromatic amines is 1. The lowest BCUT2D eigenvalue weighted by molar-refractivity contribution is -0.125. The second kappa shape index (κ2) is 8.76. The normalized spacial score (nSPS) is 18.5. The molecule has 1 atom stereocenters. The van der Waals surface area contributed by atoms with Crippen molar-refractivity contribution in [3.8, 4) is 5.75 Å². The van der Waals surface area contributed by atoms with Gasteiger partial charge in [-0.25, -0.2) is 9.69 Å². The van der Waals surface area contributed by atoms with E-state index < -0.39 is 11.6 Å². The summed E-state index contributed by atoms with van der Waals surface area (Å²) in [6, 6.07) is 20.0. The molecular weight excluding hydrogens is 480 g/mol. The quantitative estimate of drug-likeness (QED) is 0.384. The summed E-state index contributed by atoms with van der Waals surface area (Å²) < 4.78 is 5.40. The van der Waals surface area contributed by atoms with E-state index in [1.54, 1.807) is 43.2 Å². The number of urea groups is 1. The molecular formula is C30H28N4O4. The lowest BCUT2D eigenvalue weighted by atomic mass is 9.87. The smallest absolute Gasteiger partial charge is 0.332 e. The van der Waals surface area contributed by atoms with Gasteiger partial charge in [0.25, 0.3) is 11.8 Å². The third kappa shape index (κ3) is 3.48. The Kier molecular flexibility index (Phi) is 5.48. The lowest BCUT2D eigenvalue weighted by Crippen LogP contribution is -2.49. The lowest BCUT2D eigenvalue weighted by Gasteiger charge is -2.35. The molecule has 2 N–H and O–H groups in total. The molecule has 3 aromatic carbocycles. The average Bonchev–Trinajstić information content (AvgIpc) is 3.40. The minimum absolute atomic E-state index is 0.270. The number of carbonyl (C=O) groups excluding carboxylic acids is 3. The number of nitrogens with one attached hydrogen (secondary N) is 2. The monoisotopic (exact) mass is 508 g/mol. The van der Waals surface area contributed by atoms with Crippen molar-refractivity contribution in [3.05, 3.63) is 94.7 Å². The van der Waals surface area contributed by atoms with Crippen molar-refractivity contribution in [2.75, 3.05) is 18.6 Å². The Morgan fingerprint density at radius 2 is 1.84 bits per heavy atom. The second-order valence-electron chi connectivity index (χ2n) is 9.97. The van der Waals surface area contributed by atoms with Gasteiger partial charge in [-0.15, -0.1) is 0 Å². The molecule has 192 valence electrons. The number of carbonyl (C=O) groups is 3. The van der Waals surface area contributed by atoms with Gasteiger partial charge in [0, 0.05) is 24.0 Å². The number of H-pyrrole nitrogens is 1. The molecule has 0 spiro atoms. The Bertz CT molecular complexity index is 1610. The molecule has 0 bridgehead atoms. The van der Waals surface area contributed by atoms with Crippen LogP contribution in [0.3, 0.4) is 0 Å². The van der Waals surface area contributed by atoms with E-state index in [1.807, 2.05) is 49.4 Å². The second-order valence-corrected chi connectivity index (χ2v) is 9.97. The van der Waals surface area contributed by atoms with Gasteiger partial charge >= 0.3 is 6.03 Å². The van der Waals surface area contributed by atoms with Crippen LogP contribution in [-0.4, -0.2) is 41.4 Å². The minimum atomic E-state index is -1.22. The van der Waals surface area contributed by atoms with E-state index in [-0.39, 0.29) is 23.1 Å². The standard InChI is InChI=1S/C30H28N4O4/c1-18-8-10-19(11-9-18)17-31-27(35)22-6-4-5-7-25(22)34-28(36)30(2)26-21(14-15-33(30)29(34)37)23-16-20(38-3)12-13-24(23)32-26/h4-13,16,32H,14-15,17H2,1-3H3,(H,31,35)/t30-/m0/s1. The predicted molar refractivity (Wildman–Crippen MR) is 144 cm³/mol. The number of nitrogens with zero attached hydrogens (tertiary/aromatic N) is 2. The van der Waals surface area contributed by atoms with Crippen molar-refractivity contribution in [2.45, 2.75) is 32.4 Å². The summed E-state index contributed by atoms with van der Waals surface area (Å²) >= 11 is 0. The van der Waals surface area contributed by atoms with Gasteiger partial charge < -0.3 is 19.9 Å². The summed E-state index contributed by atoms with van der Waals surface area (Å²) in [4.78, 5) is 47.3. The first kappa shape index (κ1) is 23.8. The minimum Gasteiger partial charge on any atom is -0.497 e. The van der Waals surface area contributed by atoms with Crippen LogP contribution < -0.4 is 15.0 Å². The van der Waals surface area contributed by atoms with Crippen molar-refractivity contribution in [1.82, 2.24) is 15.2 Å². The van der Waals surface area contributed by atoms with Crippen LogP contribution in [0.4, 0.5) is 10.5 Å². The maximum atomic E-state index is 14.1. The number of aromatic nitrogens is 1. The highest BCUT2D eigenvalue weighted by molar-refractivity contribution is 6.25. The number of fused-ring (bicyclic) bond motifs is 5. The first-order valence-electron chi connectivity index (χ1n) is 12.6. The first-order valence-corrected chi connectivity index (χ1v) is 12.6. The molecule has 1 saturated heterocycles. The van der Waals surface area contributed by atoms with E-state index in [4.69, 9.17) is 4.74 Å². The average molecular weight is 509 g/mol. The van der Waals surface area contributed by atoms with Crippen LogP contribution in [-0.2, 0) is 23.3 Å². The van der Waals surface area contributed by atoms with Gasteiger partial charge in [0.1, 0.15) is 5.75 Å². The highest BCUT2D eigenvalue weighted by Gasteiger charge is 2.59. The van der Waals surface area contributed by atoms with Crippen molar-refractivity contribution in [1.29, 1.82) is 0 Å². The van der Waals surface area contributed by atoms with Gasteiger partial charge in [0.15, 0.2) is 5.54 Å². The summed E-state index contributed by atoms with van der Waals surface area (Å²) in [5.41, 5.74) is 4.02. The SMILES string of the molecule is COc1ccc2[nH]c3c(c2c1)CCN1C(=O)N(c2ccccc2C(=O)NCc2ccc(C)cc2)C(=O)[C@]31C. The third-order valence-corrected chi connectivity index (χ3v) is 7.73. The topological polar surface area (TPSA) is 94.7 Å². The van der Waals surface area contributed by atoms with Crippen molar-refractivity contribution in [2.24, 2.45) is 0 Å².